The number of amides is 1. The predicted octanol–water partition coefficient (Wildman–Crippen LogP) is 0.410. The van der Waals surface area contributed by atoms with Gasteiger partial charge in [-0.1, -0.05) is 6.07 Å². The zero-order valence-corrected chi connectivity index (χ0v) is 10.2. The standard InChI is InChI=1S/C12H12N4O3/c1-8-3-2-4-14-11(8)15-6-9(5-13)12(19)16-7-10(17)18/h2-4,6H,7H2,1H3,(H,14,15)(H,16,19)(H,17,18)/b9-6-. The average molecular weight is 260 g/mol. The highest BCUT2D eigenvalue weighted by Gasteiger charge is 2.10. The summed E-state index contributed by atoms with van der Waals surface area (Å²) in [6, 6.07) is 5.26. The number of nitriles is 1. The van der Waals surface area contributed by atoms with Crippen LogP contribution in [0.3, 0.4) is 0 Å². The van der Waals surface area contributed by atoms with E-state index in [0.29, 0.717) is 5.82 Å². The molecule has 0 aliphatic carbocycles. The molecular formula is C12H12N4O3. The van der Waals surface area contributed by atoms with Crippen LogP contribution >= 0.6 is 0 Å². The molecule has 1 aromatic heterocycles. The Bertz CT molecular complexity index is 560. The van der Waals surface area contributed by atoms with Gasteiger partial charge in [-0.25, -0.2) is 4.98 Å². The van der Waals surface area contributed by atoms with E-state index in [1.54, 1.807) is 18.3 Å². The van der Waals surface area contributed by atoms with Gasteiger partial charge in [0.2, 0.25) is 0 Å². The second kappa shape index (κ2) is 6.76. The Balaban J connectivity index is 2.73. The van der Waals surface area contributed by atoms with E-state index in [9.17, 15) is 9.59 Å². The Morgan fingerprint density at radius 2 is 2.32 bits per heavy atom. The lowest BCUT2D eigenvalue weighted by atomic mass is 10.2. The number of pyridine rings is 1. The van der Waals surface area contributed by atoms with Gasteiger partial charge in [0.05, 0.1) is 0 Å². The van der Waals surface area contributed by atoms with E-state index < -0.39 is 18.4 Å². The number of nitrogens with one attached hydrogen (secondary N) is 2. The van der Waals surface area contributed by atoms with Crippen molar-refractivity contribution in [2.45, 2.75) is 6.92 Å². The smallest absolute Gasteiger partial charge is 0.322 e. The summed E-state index contributed by atoms with van der Waals surface area (Å²) in [5, 5.41) is 22.1. The van der Waals surface area contributed by atoms with Crippen LogP contribution in [0.4, 0.5) is 5.82 Å². The number of carboxylic acid groups (broad SMARTS) is 1. The lowest BCUT2D eigenvalue weighted by Crippen LogP contribution is -2.30. The minimum absolute atomic E-state index is 0.230. The normalized spacial score (nSPS) is 10.4. The fraction of sp³-hybridized carbons (Fsp3) is 0.167. The third-order valence-corrected chi connectivity index (χ3v) is 2.13. The molecule has 7 nitrogen and oxygen atoms in total. The highest BCUT2D eigenvalue weighted by atomic mass is 16.4. The molecule has 7 heteroatoms. The maximum absolute atomic E-state index is 11.5. The number of aryl methyl sites for hydroxylation is 1. The number of carboxylic acids is 1. The number of hydrogen-bond donors (Lipinski definition) is 3. The number of carbonyl (C=O) groups excluding carboxylic acids is 1. The molecule has 0 spiro atoms. The van der Waals surface area contributed by atoms with Crippen LogP contribution in [-0.2, 0) is 9.59 Å². The Hall–Kier alpha value is -2.88. The van der Waals surface area contributed by atoms with E-state index in [0.717, 1.165) is 5.56 Å². The molecule has 98 valence electrons. The van der Waals surface area contributed by atoms with Crippen LogP contribution in [0.5, 0.6) is 0 Å². The summed E-state index contributed by atoms with van der Waals surface area (Å²) in [5.41, 5.74) is 0.619. The van der Waals surface area contributed by atoms with Crippen LogP contribution in [-0.4, -0.2) is 28.5 Å². The van der Waals surface area contributed by atoms with E-state index in [-0.39, 0.29) is 5.57 Å². The molecule has 19 heavy (non-hydrogen) atoms. The van der Waals surface area contributed by atoms with Crippen LogP contribution in [0.1, 0.15) is 5.56 Å². The molecule has 1 heterocycles. The molecule has 0 aliphatic heterocycles. The van der Waals surface area contributed by atoms with Gasteiger partial charge in [0.1, 0.15) is 24.0 Å². The zero-order valence-electron chi connectivity index (χ0n) is 10.2. The first-order valence-corrected chi connectivity index (χ1v) is 5.33. The number of hydrogen-bond acceptors (Lipinski definition) is 5. The van der Waals surface area contributed by atoms with Crippen LogP contribution in [0.15, 0.2) is 30.1 Å². The van der Waals surface area contributed by atoms with Gasteiger partial charge in [0, 0.05) is 12.4 Å². The van der Waals surface area contributed by atoms with Gasteiger partial charge in [0.25, 0.3) is 5.91 Å². The molecule has 1 aromatic rings. The highest BCUT2D eigenvalue weighted by Crippen LogP contribution is 2.09. The van der Waals surface area contributed by atoms with Gasteiger partial charge in [-0.05, 0) is 18.6 Å². The molecule has 3 N–H and O–H groups in total. The summed E-state index contributed by atoms with van der Waals surface area (Å²) in [5.74, 6) is -1.42. The summed E-state index contributed by atoms with van der Waals surface area (Å²) in [4.78, 5) is 25.8. The average Bonchev–Trinajstić information content (AvgIpc) is 2.39. The fourth-order valence-electron chi connectivity index (χ4n) is 1.18. The van der Waals surface area contributed by atoms with E-state index >= 15 is 0 Å². The number of aliphatic carboxylic acids is 1. The minimum Gasteiger partial charge on any atom is -0.480 e. The summed E-state index contributed by atoms with van der Waals surface area (Å²) in [6.07, 6.45) is 2.76. The van der Waals surface area contributed by atoms with Crippen molar-refractivity contribution >= 4 is 17.7 Å². The molecule has 0 saturated carbocycles. The Kier molecular flexibility index (Phi) is 5.04. The molecule has 0 saturated heterocycles. The van der Waals surface area contributed by atoms with Crippen molar-refractivity contribution in [3.63, 3.8) is 0 Å². The molecule has 0 radical (unpaired) electrons. The Morgan fingerprint density at radius 3 is 2.89 bits per heavy atom. The third-order valence-electron chi connectivity index (χ3n) is 2.13. The van der Waals surface area contributed by atoms with Crippen LogP contribution < -0.4 is 10.6 Å². The zero-order chi connectivity index (χ0) is 14.3. The first kappa shape index (κ1) is 14.2. The van der Waals surface area contributed by atoms with Crippen molar-refractivity contribution in [1.82, 2.24) is 10.3 Å². The van der Waals surface area contributed by atoms with Crippen LogP contribution in [0.25, 0.3) is 0 Å². The fourth-order valence-corrected chi connectivity index (χ4v) is 1.18. The number of rotatable bonds is 5. The number of anilines is 1. The summed E-state index contributed by atoms with van der Waals surface area (Å²) < 4.78 is 0. The minimum atomic E-state index is -1.18. The van der Waals surface area contributed by atoms with Gasteiger partial charge in [-0.2, -0.15) is 5.26 Å². The second-order valence-electron chi connectivity index (χ2n) is 3.56. The number of carbonyl (C=O) groups is 2. The maximum atomic E-state index is 11.5. The van der Waals surface area contributed by atoms with Crippen molar-refractivity contribution in [3.8, 4) is 6.07 Å². The third kappa shape index (κ3) is 4.47. The van der Waals surface area contributed by atoms with Crippen molar-refractivity contribution in [2.24, 2.45) is 0 Å². The van der Waals surface area contributed by atoms with Gasteiger partial charge in [-0.3, -0.25) is 9.59 Å². The summed E-state index contributed by atoms with van der Waals surface area (Å²) in [7, 11) is 0. The molecule has 0 aliphatic rings. The summed E-state index contributed by atoms with van der Waals surface area (Å²) in [6.45, 7) is 1.28. The second-order valence-corrected chi connectivity index (χ2v) is 3.56. The first-order valence-electron chi connectivity index (χ1n) is 5.33. The molecule has 0 atom stereocenters. The molecule has 0 unspecified atom stereocenters. The van der Waals surface area contributed by atoms with Crippen LogP contribution in [0, 0.1) is 18.3 Å². The topological polar surface area (TPSA) is 115 Å². The van der Waals surface area contributed by atoms with Gasteiger partial charge in [0.15, 0.2) is 0 Å². The summed E-state index contributed by atoms with van der Waals surface area (Å²) >= 11 is 0. The van der Waals surface area contributed by atoms with Crippen molar-refractivity contribution in [1.29, 1.82) is 5.26 Å². The van der Waals surface area contributed by atoms with Crippen molar-refractivity contribution in [2.75, 3.05) is 11.9 Å². The maximum Gasteiger partial charge on any atom is 0.322 e. The SMILES string of the molecule is Cc1cccnc1N/C=C(/C#N)C(=O)NCC(=O)O. The lowest BCUT2D eigenvalue weighted by Gasteiger charge is -2.04. The molecule has 0 aromatic carbocycles. The molecule has 0 fully saturated rings. The number of nitrogens with zero attached hydrogens (tertiary/aromatic N) is 2. The van der Waals surface area contributed by atoms with Gasteiger partial charge in [-0.15, -0.1) is 0 Å². The van der Waals surface area contributed by atoms with Gasteiger partial charge < -0.3 is 15.7 Å². The predicted molar refractivity (Wildman–Crippen MR) is 66.9 cm³/mol. The quantitative estimate of drug-likeness (QED) is 0.521. The van der Waals surface area contributed by atoms with E-state index in [4.69, 9.17) is 10.4 Å². The molecule has 0 bridgehead atoms. The highest BCUT2D eigenvalue weighted by molar-refractivity contribution is 5.98. The van der Waals surface area contributed by atoms with E-state index in [1.807, 2.05) is 13.0 Å². The Morgan fingerprint density at radius 1 is 1.58 bits per heavy atom. The first-order chi connectivity index (χ1) is 9.04. The molecule has 1 rings (SSSR count). The van der Waals surface area contributed by atoms with Crippen molar-refractivity contribution < 1.29 is 14.7 Å². The number of aromatic nitrogens is 1. The van der Waals surface area contributed by atoms with Gasteiger partial charge >= 0.3 is 5.97 Å². The Labute approximate surface area is 109 Å². The van der Waals surface area contributed by atoms with Crippen LogP contribution in [0.2, 0.25) is 0 Å². The monoisotopic (exact) mass is 260 g/mol. The van der Waals surface area contributed by atoms with Crippen molar-refractivity contribution in [3.05, 3.63) is 35.7 Å². The largest absolute Gasteiger partial charge is 0.480 e. The molecular weight excluding hydrogens is 248 g/mol. The van der Waals surface area contributed by atoms with E-state index in [2.05, 4.69) is 15.6 Å². The van der Waals surface area contributed by atoms with E-state index in [1.165, 1.54) is 6.20 Å². The molecule has 1 amide bonds. The lowest BCUT2D eigenvalue weighted by molar-refractivity contribution is -0.137.